The second-order valence-corrected chi connectivity index (χ2v) is 6.74. The van der Waals surface area contributed by atoms with Gasteiger partial charge in [-0.15, -0.1) is 22.6 Å². The molecule has 22 heavy (non-hydrogen) atoms. The van der Waals surface area contributed by atoms with Crippen molar-refractivity contribution < 1.29 is 4.79 Å². The summed E-state index contributed by atoms with van der Waals surface area (Å²) < 4.78 is 2.07. The number of likely N-dealkylation sites (tertiary alicyclic amines) is 1. The van der Waals surface area contributed by atoms with Crippen LogP contribution < -0.4 is 5.32 Å². The second-order valence-electron chi connectivity index (χ2n) is 5.80. The molecule has 1 N–H and O–H groups in total. The van der Waals surface area contributed by atoms with Crippen LogP contribution in [0.25, 0.3) is 0 Å². The van der Waals surface area contributed by atoms with Crippen molar-refractivity contribution in [2.75, 3.05) is 31.9 Å². The molecule has 0 aromatic carbocycles. The number of rotatable bonds is 4. The minimum Gasteiger partial charge on any atom is -0.342 e. The number of amides is 1. The van der Waals surface area contributed by atoms with Crippen LogP contribution >= 0.6 is 24.2 Å². The topological polar surface area (TPSA) is 63.1 Å². The van der Waals surface area contributed by atoms with Crippen molar-refractivity contribution in [2.45, 2.75) is 36.8 Å². The summed E-state index contributed by atoms with van der Waals surface area (Å²) in [7, 11) is 2.01. The minimum atomic E-state index is 0. The number of nitrogens with one attached hydrogen (secondary N) is 1. The molecule has 8 heteroatoms. The fourth-order valence-electron chi connectivity index (χ4n) is 3.07. The number of carbonyl (C=O) groups excluding carboxylic acids is 1. The molecular formula is C14H24ClN5OS. The van der Waals surface area contributed by atoms with Crippen molar-refractivity contribution in [3.05, 3.63) is 5.82 Å². The van der Waals surface area contributed by atoms with E-state index in [4.69, 9.17) is 0 Å². The third-order valence-corrected chi connectivity index (χ3v) is 5.36. The van der Waals surface area contributed by atoms with Crippen molar-refractivity contribution in [1.82, 2.24) is 25.0 Å². The molecule has 2 saturated heterocycles. The normalized spacial score (nSPS) is 19.2. The fourth-order valence-corrected chi connectivity index (χ4v) is 3.89. The first kappa shape index (κ1) is 17.6. The zero-order valence-electron chi connectivity index (χ0n) is 13.0. The monoisotopic (exact) mass is 345 g/mol. The van der Waals surface area contributed by atoms with Crippen LogP contribution in [-0.4, -0.2) is 57.5 Å². The number of carbonyl (C=O) groups is 1. The number of thioether (sulfide) groups is 1. The maximum absolute atomic E-state index is 12.1. The number of hydrogen-bond acceptors (Lipinski definition) is 5. The van der Waals surface area contributed by atoms with Gasteiger partial charge in [0, 0.05) is 26.1 Å². The third-order valence-electron chi connectivity index (χ3n) is 4.36. The lowest BCUT2D eigenvalue weighted by molar-refractivity contribution is -0.127. The van der Waals surface area contributed by atoms with Crippen LogP contribution in [-0.2, 0) is 11.8 Å². The van der Waals surface area contributed by atoms with Crippen molar-refractivity contribution in [3.63, 3.8) is 0 Å². The Morgan fingerprint density at radius 1 is 1.27 bits per heavy atom. The lowest BCUT2D eigenvalue weighted by atomic mass is 9.97. The molecule has 1 aromatic rings. The molecule has 0 saturated carbocycles. The zero-order valence-corrected chi connectivity index (χ0v) is 14.6. The lowest BCUT2D eigenvalue weighted by Crippen LogP contribution is -2.29. The van der Waals surface area contributed by atoms with E-state index in [1.807, 2.05) is 11.9 Å². The molecule has 3 rings (SSSR count). The highest BCUT2D eigenvalue weighted by atomic mass is 35.5. The Kier molecular flexibility index (Phi) is 6.52. The summed E-state index contributed by atoms with van der Waals surface area (Å²) in [4.78, 5) is 14.0. The zero-order chi connectivity index (χ0) is 14.7. The Morgan fingerprint density at radius 3 is 2.64 bits per heavy atom. The molecule has 6 nitrogen and oxygen atoms in total. The van der Waals surface area contributed by atoms with Crippen molar-refractivity contribution in [1.29, 1.82) is 0 Å². The van der Waals surface area contributed by atoms with Crippen LogP contribution in [0.3, 0.4) is 0 Å². The van der Waals surface area contributed by atoms with Crippen molar-refractivity contribution >= 4 is 30.1 Å². The quantitative estimate of drug-likeness (QED) is 0.836. The number of hydrogen-bond donors (Lipinski definition) is 1. The lowest BCUT2D eigenvalue weighted by Gasteiger charge is -2.21. The van der Waals surface area contributed by atoms with Gasteiger partial charge in [0.05, 0.1) is 5.75 Å². The van der Waals surface area contributed by atoms with Crippen LogP contribution in [0.5, 0.6) is 0 Å². The van der Waals surface area contributed by atoms with Gasteiger partial charge >= 0.3 is 0 Å². The predicted octanol–water partition coefficient (Wildman–Crippen LogP) is 1.42. The molecule has 2 fully saturated rings. The Hall–Kier alpha value is -0.790. The van der Waals surface area contributed by atoms with Crippen molar-refractivity contribution in [2.24, 2.45) is 7.05 Å². The van der Waals surface area contributed by atoms with E-state index in [2.05, 4.69) is 20.1 Å². The maximum Gasteiger partial charge on any atom is 0.233 e. The van der Waals surface area contributed by atoms with Gasteiger partial charge in [-0.1, -0.05) is 11.8 Å². The summed E-state index contributed by atoms with van der Waals surface area (Å²) in [5, 5.41) is 12.9. The van der Waals surface area contributed by atoms with Gasteiger partial charge in [0.2, 0.25) is 5.91 Å². The molecule has 124 valence electrons. The molecule has 3 heterocycles. The average Bonchev–Trinajstić information content (AvgIpc) is 3.16. The summed E-state index contributed by atoms with van der Waals surface area (Å²) in [6, 6.07) is 0. The highest BCUT2D eigenvalue weighted by molar-refractivity contribution is 7.99. The molecule has 2 aliphatic rings. The number of aromatic nitrogens is 3. The van der Waals surface area contributed by atoms with Gasteiger partial charge in [-0.05, 0) is 38.8 Å². The smallest absolute Gasteiger partial charge is 0.233 e. The van der Waals surface area contributed by atoms with Gasteiger partial charge in [0.15, 0.2) is 5.16 Å². The van der Waals surface area contributed by atoms with Crippen LogP contribution in [0, 0.1) is 0 Å². The van der Waals surface area contributed by atoms with E-state index in [0.717, 1.165) is 62.8 Å². The predicted molar refractivity (Wildman–Crippen MR) is 89.6 cm³/mol. The van der Waals surface area contributed by atoms with Gasteiger partial charge in [0.25, 0.3) is 0 Å². The van der Waals surface area contributed by atoms with E-state index in [-0.39, 0.29) is 18.3 Å². The molecule has 0 bridgehead atoms. The SMILES string of the molecule is Cl.Cn1c(SCC(=O)N2CCCC2)nnc1C1CCNCC1. The molecule has 1 aromatic heterocycles. The molecule has 0 atom stereocenters. The largest absolute Gasteiger partial charge is 0.342 e. The summed E-state index contributed by atoms with van der Waals surface area (Å²) in [6.07, 6.45) is 4.51. The van der Waals surface area contributed by atoms with E-state index in [9.17, 15) is 4.79 Å². The van der Waals surface area contributed by atoms with E-state index in [0.29, 0.717) is 11.7 Å². The third kappa shape index (κ3) is 3.94. The van der Waals surface area contributed by atoms with Gasteiger partial charge in [-0.25, -0.2) is 0 Å². The highest BCUT2D eigenvalue weighted by Crippen LogP contribution is 2.26. The minimum absolute atomic E-state index is 0. The van der Waals surface area contributed by atoms with E-state index in [1.165, 1.54) is 11.8 Å². The van der Waals surface area contributed by atoms with E-state index in [1.54, 1.807) is 0 Å². The first-order chi connectivity index (χ1) is 10.3. The average molecular weight is 346 g/mol. The molecule has 1 amide bonds. The van der Waals surface area contributed by atoms with Gasteiger partial charge in [-0.3, -0.25) is 4.79 Å². The van der Waals surface area contributed by atoms with Crippen LogP contribution in [0.2, 0.25) is 0 Å². The number of piperidine rings is 1. The van der Waals surface area contributed by atoms with Gasteiger partial charge < -0.3 is 14.8 Å². The Labute approximate surface area is 141 Å². The Bertz CT molecular complexity index is 497. The van der Waals surface area contributed by atoms with Gasteiger partial charge in [0.1, 0.15) is 5.82 Å². The molecule has 0 spiro atoms. The Balaban J connectivity index is 0.00000176. The number of halogens is 1. The second kappa shape index (κ2) is 8.17. The first-order valence-corrected chi connectivity index (χ1v) is 8.75. The maximum atomic E-state index is 12.1. The molecule has 2 aliphatic heterocycles. The highest BCUT2D eigenvalue weighted by Gasteiger charge is 2.23. The van der Waals surface area contributed by atoms with Crippen LogP contribution in [0.1, 0.15) is 37.4 Å². The molecule has 0 unspecified atom stereocenters. The van der Waals surface area contributed by atoms with Gasteiger partial charge in [-0.2, -0.15) is 0 Å². The molecule has 0 aliphatic carbocycles. The summed E-state index contributed by atoms with van der Waals surface area (Å²) in [5.41, 5.74) is 0. The number of nitrogens with zero attached hydrogens (tertiary/aromatic N) is 4. The summed E-state index contributed by atoms with van der Waals surface area (Å²) >= 11 is 1.51. The fraction of sp³-hybridized carbons (Fsp3) is 0.786. The standard InChI is InChI=1S/C14H23N5OS.ClH/c1-18-13(11-4-6-15-7-5-11)16-17-14(18)21-10-12(20)19-8-2-3-9-19;/h11,15H,2-10H2,1H3;1H. The van der Waals surface area contributed by atoms with Crippen LogP contribution in [0.4, 0.5) is 0 Å². The molecule has 0 radical (unpaired) electrons. The Morgan fingerprint density at radius 2 is 1.95 bits per heavy atom. The van der Waals surface area contributed by atoms with E-state index >= 15 is 0 Å². The van der Waals surface area contributed by atoms with Crippen LogP contribution in [0.15, 0.2) is 5.16 Å². The van der Waals surface area contributed by atoms with Crippen molar-refractivity contribution in [3.8, 4) is 0 Å². The summed E-state index contributed by atoms with van der Waals surface area (Å²) in [5.74, 6) is 2.25. The van der Waals surface area contributed by atoms with E-state index < -0.39 is 0 Å². The first-order valence-electron chi connectivity index (χ1n) is 7.76. The molecular weight excluding hydrogens is 322 g/mol. The summed E-state index contributed by atoms with van der Waals surface area (Å²) in [6.45, 7) is 3.93.